The number of nitrogens with two attached hydrogens (primary N) is 1. The molecule has 0 aliphatic heterocycles. The summed E-state index contributed by atoms with van der Waals surface area (Å²) in [5, 5.41) is 0. The van der Waals surface area contributed by atoms with Crippen LogP contribution in [0.15, 0.2) is 24.3 Å². The lowest BCUT2D eigenvalue weighted by Crippen LogP contribution is -2.23. The third-order valence-corrected chi connectivity index (χ3v) is 1.95. The smallest absolute Gasteiger partial charge is 0.406 e. The van der Waals surface area contributed by atoms with Crippen molar-refractivity contribution in [2.75, 3.05) is 6.61 Å². The zero-order chi connectivity index (χ0) is 14.7. The van der Waals surface area contributed by atoms with Crippen LogP contribution in [0.3, 0.4) is 0 Å². The molecule has 0 saturated carbocycles. The summed E-state index contributed by atoms with van der Waals surface area (Å²) in [5.74, 6) is -0.563. The standard InChI is InChI=1S/C10H9F6NO2/c11-9(12,13)18-5-8(17)6-2-1-3-7(4-6)19-10(14,15)16/h1-4,8H,5,17H2/t8-/m0/s1. The molecule has 0 fully saturated rings. The average molecular weight is 289 g/mol. The second-order valence-corrected chi connectivity index (χ2v) is 3.48. The Kier molecular flexibility index (Phi) is 4.64. The zero-order valence-corrected chi connectivity index (χ0v) is 9.26. The molecule has 1 aromatic rings. The van der Waals surface area contributed by atoms with Gasteiger partial charge in [0.25, 0.3) is 0 Å². The van der Waals surface area contributed by atoms with E-state index < -0.39 is 31.1 Å². The fraction of sp³-hybridized carbons (Fsp3) is 0.400. The largest absolute Gasteiger partial charge is 0.573 e. The minimum atomic E-state index is -4.88. The van der Waals surface area contributed by atoms with Crippen LogP contribution in [0, 0.1) is 0 Å². The Morgan fingerprint density at radius 3 is 2.21 bits per heavy atom. The van der Waals surface area contributed by atoms with E-state index in [0.717, 1.165) is 12.1 Å². The van der Waals surface area contributed by atoms with E-state index in [1.165, 1.54) is 12.1 Å². The Hall–Kier alpha value is -1.48. The molecule has 9 heteroatoms. The molecule has 1 atom stereocenters. The van der Waals surface area contributed by atoms with Crippen molar-refractivity contribution in [3.05, 3.63) is 29.8 Å². The van der Waals surface area contributed by atoms with Crippen LogP contribution in [-0.4, -0.2) is 19.3 Å². The van der Waals surface area contributed by atoms with E-state index in [9.17, 15) is 26.3 Å². The second-order valence-electron chi connectivity index (χ2n) is 3.48. The molecule has 3 nitrogen and oxygen atoms in total. The Bertz CT molecular complexity index is 417. The van der Waals surface area contributed by atoms with Gasteiger partial charge in [-0.05, 0) is 17.7 Å². The molecule has 0 aliphatic rings. The van der Waals surface area contributed by atoms with Crippen molar-refractivity contribution in [3.8, 4) is 5.75 Å². The lowest BCUT2D eigenvalue weighted by molar-refractivity contribution is -0.326. The summed E-state index contributed by atoms with van der Waals surface area (Å²) >= 11 is 0. The number of ether oxygens (including phenoxy) is 2. The van der Waals surface area contributed by atoms with Crippen molar-refractivity contribution in [2.45, 2.75) is 18.8 Å². The molecule has 0 amide bonds. The van der Waals surface area contributed by atoms with Crippen molar-refractivity contribution in [1.29, 1.82) is 0 Å². The first-order valence-corrected chi connectivity index (χ1v) is 4.89. The fourth-order valence-corrected chi connectivity index (χ4v) is 1.22. The summed E-state index contributed by atoms with van der Waals surface area (Å²) in [7, 11) is 0. The first-order valence-electron chi connectivity index (χ1n) is 4.89. The molecule has 0 aliphatic carbocycles. The van der Waals surface area contributed by atoms with Gasteiger partial charge in [-0.2, -0.15) is 0 Å². The summed E-state index contributed by atoms with van der Waals surface area (Å²) in [6.07, 6.45) is -9.73. The molecule has 19 heavy (non-hydrogen) atoms. The summed E-state index contributed by atoms with van der Waals surface area (Å²) in [6.45, 7) is -0.904. The minimum Gasteiger partial charge on any atom is -0.406 e. The third kappa shape index (κ3) is 6.30. The number of alkyl halides is 6. The van der Waals surface area contributed by atoms with Crippen LogP contribution in [0.25, 0.3) is 0 Å². The van der Waals surface area contributed by atoms with Crippen LogP contribution in [0.1, 0.15) is 11.6 Å². The van der Waals surface area contributed by atoms with Gasteiger partial charge in [-0.3, -0.25) is 4.74 Å². The Morgan fingerprint density at radius 2 is 1.68 bits per heavy atom. The van der Waals surface area contributed by atoms with E-state index in [1.807, 2.05) is 0 Å². The molecule has 1 rings (SSSR count). The first kappa shape index (κ1) is 15.6. The van der Waals surface area contributed by atoms with E-state index in [0.29, 0.717) is 0 Å². The SMILES string of the molecule is N[C@@H](COC(F)(F)F)c1cccc(OC(F)(F)F)c1. The number of hydrogen-bond donors (Lipinski definition) is 1. The zero-order valence-electron chi connectivity index (χ0n) is 9.26. The van der Waals surface area contributed by atoms with Crippen LogP contribution in [0.4, 0.5) is 26.3 Å². The summed E-state index contributed by atoms with van der Waals surface area (Å²) < 4.78 is 78.3. The molecule has 0 heterocycles. The number of rotatable bonds is 4. The molecule has 0 spiro atoms. The molecule has 0 aromatic heterocycles. The summed E-state index contributed by atoms with van der Waals surface area (Å²) in [4.78, 5) is 0. The van der Waals surface area contributed by atoms with E-state index in [-0.39, 0.29) is 5.56 Å². The number of hydrogen-bond acceptors (Lipinski definition) is 3. The van der Waals surface area contributed by atoms with Crippen LogP contribution < -0.4 is 10.5 Å². The molecule has 108 valence electrons. The fourth-order valence-electron chi connectivity index (χ4n) is 1.22. The van der Waals surface area contributed by atoms with Gasteiger partial charge in [-0.1, -0.05) is 12.1 Å². The predicted octanol–water partition coefficient (Wildman–Crippen LogP) is 3.12. The average Bonchev–Trinajstić information content (AvgIpc) is 2.23. The number of benzene rings is 1. The maximum absolute atomic E-state index is 12.0. The van der Waals surface area contributed by atoms with Crippen molar-refractivity contribution in [2.24, 2.45) is 5.73 Å². The van der Waals surface area contributed by atoms with Gasteiger partial charge in [0.2, 0.25) is 0 Å². The van der Waals surface area contributed by atoms with Crippen molar-refractivity contribution < 1.29 is 35.8 Å². The van der Waals surface area contributed by atoms with Gasteiger partial charge in [-0.25, -0.2) is 0 Å². The van der Waals surface area contributed by atoms with Gasteiger partial charge < -0.3 is 10.5 Å². The topological polar surface area (TPSA) is 44.5 Å². The molecule has 0 saturated heterocycles. The van der Waals surface area contributed by atoms with Crippen molar-refractivity contribution in [3.63, 3.8) is 0 Å². The molecule has 0 bridgehead atoms. The number of halogens is 6. The maximum atomic E-state index is 12.0. The predicted molar refractivity (Wildman–Crippen MR) is 52.1 cm³/mol. The van der Waals surface area contributed by atoms with Gasteiger partial charge in [-0.15, -0.1) is 26.3 Å². The van der Waals surface area contributed by atoms with Crippen LogP contribution in [0.2, 0.25) is 0 Å². The minimum absolute atomic E-state index is 0.0333. The van der Waals surface area contributed by atoms with Crippen molar-refractivity contribution >= 4 is 0 Å². The van der Waals surface area contributed by atoms with Crippen LogP contribution in [0.5, 0.6) is 5.75 Å². The molecular formula is C10H9F6NO2. The highest BCUT2D eigenvalue weighted by Crippen LogP contribution is 2.26. The second kappa shape index (κ2) is 5.66. The van der Waals surface area contributed by atoms with Crippen LogP contribution in [-0.2, 0) is 4.74 Å². The monoisotopic (exact) mass is 289 g/mol. The molecular weight excluding hydrogens is 280 g/mol. The Morgan fingerprint density at radius 1 is 1.05 bits per heavy atom. The quantitative estimate of drug-likeness (QED) is 0.866. The first-order chi connectivity index (χ1) is 8.57. The molecule has 2 N–H and O–H groups in total. The molecule has 0 unspecified atom stereocenters. The van der Waals surface area contributed by atoms with Gasteiger partial charge in [0.05, 0.1) is 12.6 Å². The van der Waals surface area contributed by atoms with E-state index in [1.54, 1.807) is 0 Å². The van der Waals surface area contributed by atoms with E-state index >= 15 is 0 Å². The van der Waals surface area contributed by atoms with Gasteiger partial charge in [0, 0.05) is 0 Å². The summed E-state index contributed by atoms with van der Waals surface area (Å²) in [5.41, 5.74) is 5.41. The van der Waals surface area contributed by atoms with Gasteiger partial charge in [0.1, 0.15) is 5.75 Å². The van der Waals surface area contributed by atoms with Crippen LogP contribution >= 0.6 is 0 Å². The highest BCUT2D eigenvalue weighted by molar-refractivity contribution is 5.30. The lowest BCUT2D eigenvalue weighted by Gasteiger charge is -2.15. The Balaban J connectivity index is 2.70. The highest BCUT2D eigenvalue weighted by atomic mass is 19.4. The van der Waals surface area contributed by atoms with Gasteiger partial charge >= 0.3 is 12.7 Å². The normalized spacial score (nSPS) is 14.3. The van der Waals surface area contributed by atoms with Crippen molar-refractivity contribution in [1.82, 2.24) is 0 Å². The third-order valence-electron chi connectivity index (χ3n) is 1.95. The lowest BCUT2D eigenvalue weighted by atomic mass is 10.1. The van der Waals surface area contributed by atoms with Gasteiger partial charge in [0.15, 0.2) is 0 Å². The van der Waals surface area contributed by atoms with E-state index in [2.05, 4.69) is 9.47 Å². The highest BCUT2D eigenvalue weighted by Gasteiger charge is 2.32. The Labute approximate surface area is 103 Å². The molecule has 0 radical (unpaired) electrons. The maximum Gasteiger partial charge on any atom is 0.573 e. The summed E-state index contributed by atoms with van der Waals surface area (Å²) in [6, 6.07) is 3.14. The molecule has 1 aromatic carbocycles. The van der Waals surface area contributed by atoms with E-state index in [4.69, 9.17) is 5.73 Å².